The second-order valence-electron chi connectivity index (χ2n) is 6.71. The third-order valence-corrected chi connectivity index (χ3v) is 7.09. The zero-order valence-electron chi connectivity index (χ0n) is 15.1. The molecule has 0 atom stereocenters. The highest BCUT2D eigenvalue weighted by Crippen LogP contribution is 2.24. The standard InChI is InChI=1S/C16H28N4O4S/c1-14-16(15(2)24-17-14)25(21,22)20-8-6-18(7-9-20)4-3-5-19-10-12-23-13-11-19/h3-13H2,1-2H3. The van der Waals surface area contributed by atoms with Crippen molar-refractivity contribution in [3.8, 4) is 0 Å². The fourth-order valence-electron chi connectivity index (χ4n) is 3.51. The number of sulfonamides is 1. The van der Waals surface area contributed by atoms with Crippen molar-refractivity contribution in [2.24, 2.45) is 0 Å². The quantitative estimate of drug-likeness (QED) is 0.711. The van der Waals surface area contributed by atoms with Gasteiger partial charge in [0.15, 0.2) is 5.76 Å². The lowest BCUT2D eigenvalue weighted by Crippen LogP contribution is -2.49. The first-order valence-corrected chi connectivity index (χ1v) is 10.4. The molecule has 0 unspecified atom stereocenters. The first kappa shape index (κ1) is 18.8. The average molecular weight is 372 g/mol. The molecule has 25 heavy (non-hydrogen) atoms. The highest BCUT2D eigenvalue weighted by Gasteiger charge is 2.33. The van der Waals surface area contributed by atoms with Gasteiger partial charge in [-0.05, 0) is 33.4 Å². The van der Waals surface area contributed by atoms with E-state index in [1.165, 1.54) is 0 Å². The number of aryl methyl sites for hydroxylation is 2. The van der Waals surface area contributed by atoms with E-state index in [9.17, 15) is 8.42 Å². The minimum atomic E-state index is -3.51. The van der Waals surface area contributed by atoms with E-state index < -0.39 is 10.0 Å². The van der Waals surface area contributed by atoms with Gasteiger partial charge in [-0.25, -0.2) is 8.42 Å². The van der Waals surface area contributed by atoms with Crippen LogP contribution in [0.15, 0.2) is 9.42 Å². The van der Waals surface area contributed by atoms with Crippen molar-refractivity contribution in [2.75, 3.05) is 65.6 Å². The Morgan fingerprint density at radius 2 is 1.56 bits per heavy atom. The molecule has 0 saturated carbocycles. The van der Waals surface area contributed by atoms with E-state index in [-0.39, 0.29) is 4.90 Å². The summed E-state index contributed by atoms with van der Waals surface area (Å²) in [5, 5.41) is 3.77. The van der Waals surface area contributed by atoms with Crippen molar-refractivity contribution < 1.29 is 17.7 Å². The highest BCUT2D eigenvalue weighted by atomic mass is 32.2. The monoisotopic (exact) mass is 372 g/mol. The van der Waals surface area contributed by atoms with E-state index >= 15 is 0 Å². The molecule has 0 spiro atoms. The number of rotatable bonds is 6. The average Bonchev–Trinajstić information content (AvgIpc) is 2.95. The molecule has 2 aliphatic heterocycles. The molecule has 8 nitrogen and oxygen atoms in total. The summed E-state index contributed by atoms with van der Waals surface area (Å²) < 4.78 is 37.6. The van der Waals surface area contributed by atoms with Gasteiger partial charge in [0.25, 0.3) is 0 Å². The van der Waals surface area contributed by atoms with Crippen molar-refractivity contribution in [2.45, 2.75) is 25.2 Å². The van der Waals surface area contributed by atoms with Crippen LogP contribution < -0.4 is 0 Å². The minimum absolute atomic E-state index is 0.230. The van der Waals surface area contributed by atoms with Crippen LogP contribution in [0.25, 0.3) is 0 Å². The van der Waals surface area contributed by atoms with E-state index in [2.05, 4.69) is 15.0 Å². The third-order valence-electron chi connectivity index (χ3n) is 4.95. The molecule has 1 aromatic heterocycles. The summed E-state index contributed by atoms with van der Waals surface area (Å²) in [4.78, 5) is 5.01. The van der Waals surface area contributed by atoms with Crippen LogP contribution in [0.5, 0.6) is 0 Å². The minimum Gasteiger partial charge on any atom is -0.379 e. The SMILES string of the molecule is Cc1noc(C)c1S(=O)(=O)N1CCN(CCCN2CCOCC2)CC1. The highest BCUT2D eigenvalue weighted by molar-refractivity contribution is 7.89. The van der Waals surface area contributed by atoms with Gasteiger partial charge in [-0.15, -0.1) is 0 Å². The lowest BCUT2D eigenvalue weighted by molar-refractivity contribution is 0.0356. The molecular formula is C16H28N4O4S. The molecule has 3 heterocycles. The van der Waals surface area contributed by atoms with Gasteiger partial charge in [0, 0.05) is 39.3 Å². The zero-order chi connectivity index (χ0) is 17.9. The maximum absolute atomic E-state index is 12.8. The van der Waals surface area contributed by atoms with Crippen LogP contribution in [-0.2, 0) is 14.8 Å². The van der Waals surface area contributed by atoms with Crippen molar-refractivity contribution in [3.63, 3.8) is 0 Å². The molecule has 3 rings (SSSR count). The van der Waals surface area contributed by atoms with Crippen molar-refractivity contribution in [1.82, 2.24) is 19.3 Å². The number of hydrogen-bond donors (Lipinski definition) is 0. The van der Waals surface area contributed by atoms with Crippen LogP contribution in [0.1, 0.15) is 17.9 Å². The molecule has 0 bridgehead atoms. The van der Waals surface area contributed by atoms with Crippen LogP contribution in [-0.4, -0.2) is 93.3 Å². The smallest absolute Gasteiger partial charge is 0.248 e. The van der Waals surface area contributed by atoms with Crippen LogP contribution in [0.3, 0.4) is 0 Å². The van der Waals surface area contributed by atoms with Gasteiger partial charge in [-0.2, -0.15) is 4.31 Å². The molecule has 2 saturated heterocycles. The van der Waals surface area contributed by atoms with Crippen LogP contribution in [0.4, 0.5) is 0 Å². The summed E-state index contributed by atoms with van der Waals surface area (Å²) in [6, 6.07) is 0. The normalized spacial score (nSPS) is 21.7. The molecule has 2 aliphatic rings. The fraction of sp³-hybridized carbons (Fsp3) is 0.812. The van der Waals surface area contributed by atoms with Gasteiger partial charge < -0.3 is 14.2 Å². The third kappa shape index (κ3) is 4.40. The number of morpholine rings is 1. The second-order valence-corrected chi connectivity index (χ2v) is 8.58. The van der Waals surface area contributed by atoms with Gasteiger partial charge in [-0.3, -0.25) is 4.90 Å². The maximum Gasteiger partial charge on any atom is 0.248 e. The first-order valence-electron chi connectivity index (χ1n) is 8.94. The summed E-state index contributed by atoms with van der Waals surface area (Å²) >= 11 is 0. The van der Waals surface area contributed by atoms with Crippen molar-refractivity contribution in [3.05, 3.63) is 11.5 Å². The van der Waals surface area contributed by atoms with Crippen LogP contribution >= 0.6 is 0 Å². The summed E-state index contributed by atoms with van der Waals surface area (Å²) in [6.45, 7) is 11.7. The van der Waals surface area contributed by atoms with E-state index in [1.54, 1.807) is 18.2 Å². The topological polar surface area (TPSA) is 79.1 Å². The molecule has 0 radical (unpaired) electrons. The fourth-order valence-corrected chi connectivity index (χ4v) is 5.22. The Morgan fingerprint density at radius 1 is 0.960 bits per heavy atom. The Kier molecular flexibility index (Phi) is 6.11. The van der Waals surface area contributed by atoms with E-state index in [4.69, 9.17) is 9.26 Å². The van der Waals surface area contributed by atoms with Gasteiger partial charge in [0.1, 0.15) is 10.6 Å². The molecule has 0 N–H and O–H groups in total. The predicted octanol–water partition coefficient (Wildman–Crippen LogP) is 0.320. The Balaban J connectivity index is 1.47. The molecule has 142 valence electrons. The van der Waals surface area contributed by atoms with E-state index in [0.29, 0.717) is 24.5 Å². The number of nitrogens with zero attached hydrogens (tertiary/aromatic N) is 4. The van der Waals surface area contributed by atoms with Crippen LogP contribution in [0, 0.1) is 13.8 Å². The summed E-state index contributed by atoms with van der Waals surface area (Å²) in [5.74, 6) is 0.366. The Bertz CT molecular complexity index is 642. The van der Waals surface area contributed by atoms with Crippen molar-refractivity contribution in [1.29, 1.82) is 0 Å². The number of ether oxygens (including phenoxy) is 1. The van der Waals surface area contributed by atoms with E-state index in [0.717, 1.165) is 58.9 Å². The van der Waals surface area contributed by atoms with Gasteiger partial charge in [0.2, 0.25) is 10.0 Å². The number of hydrogen-bond acceptors (Lipinski definition) is 7. The van der Waals surface area contributed by atoms with Crippen LogP contribution in [0.2, 0.25) is 0 Å². The molecule has 0 aliphatic carbocycles. The number of piperazine rings is 1. The molecular weight excluding hydrogens is 344 g/mol. The largest absolute Gasteiger partial charge is 0.379 e. The van der Waals surface area contributed by atoms with Gasteiger partial charge in [0.05, 0.1) is 13.2 Å². The Morgan fingerprint density at radius 3 is 2.12 bits per heavy atom. The maximum atomic E-state index is 12.8. The van der Waals surface area contributed by atoms with Gasteiger partial charge >= 0.3 is 0 Å². The Hall–Kier alpha value is -1.00. The second kappa shape index (κ2) is 8.13. The summed E-state index contributed by atoms with van der Waals surface area (Å²) in [5.41, 5.74) is 0.436. The first-order chi connectivity index (χ1) is 12.0. The Labute approximate surface area is 149 Å². The molecule has 0 amide bonds. The molecule has 9 heteroatoms. The summed E-state index contributed by atoms with van der Waals surface area (Å²) in [6.07, 6.45) is 1.11. The molecule has 1 aromatic rings. The number of aromatic nitrogens is 1. The summed E-state index contributed by atoms with van der Waals surface area (Å²) in [7, 11) is -3.51. The van der Waals surface area contributed by atoms with E-state index in [1.807, 2.05) is 0 Å². The van der Waals surface area contributed by atoms with Crippen molar-refractivity contribution >= 4 is 10.0 Å². The predicted molar refractivity (Wildman–Crippen MR) is 93.1 cm³/mol. The zero-order valence-corrected chi connectivity index (χ0v) is 15.9. The lowest BCUT2D eigenvalue weighted by atomic mass is 10.3. The molecule has 2 fully saturated rings. The van der Waals surface area contributed by atoms with Gasteiger partial charge in [-0.1, -0.05) is 5.16 Å². The molecule has 0 aromatic carbocycles. The lowest BCUT2D eigenvalue weighted by Gasteiger charge is -2.34.